The molecule has 0 rings (SSSR count). The van der Waals surface area contributed by atoms with Crippen molar-refractivity contribution in [1.29, 1.82) is 0 Å². The number of rotatable bonds is 19. The summed E-state index contributed by atoms with van der Waals surface area (Å²) in [5.41, 5.74) is 0. The van der Waals surface area contributed by atoms with Gasteiger partial charge < -0.3 is 15.0 Å². The molecule has 1 unspecified atom stereocenters. The number of aliphatic hydroxyl groups excluding tert-OH is 1. The van der Waals surface area contributed by atoms with Gasteiger partial charge in [-0.1, -0.05) is 116 Å². The predicted molar refractivity (Wildman–Crippen MR) is 104 cm³/mol. The number of carboxylic acid groups (broad SMARTS) is 1. The monoisotopic (exact) mass is 376 g/mol. The van der Waals surface area contributed by atoms with Crippen molar-refractivity contribution in [3.63, 3.8) is 0 Å². The van der Waals surface area contributed by atoms with E-state index in [0.717, 1.165) is 18.9 Å². The number of carboxylic acids is 1. The van der Waals surface area contributed by atoms with Crippen LogP contribution in [-0.4, -0.2) is 17.2 Å². The number of aliphatic hydroxyl groups is 1. The summed E-state index contributed by atoms with van der Waals surface area (Å²) < 4.78 is 0. The molecule has 0 aliphatic rings. The van der Waals surface area contributed by atoms with Gasteiger partial charge in [-0.2, -0.15) is 0 Å². The van der Waals surface area contributed by atoms with Gasteiger partial charge in [0.2, 0.25) is 0 Å². The first-order valence-corrected chi connectivity index (χ1v) is 10.7. The van der Waals surface area contributed by atoms with Crippen molar-refractivity contribution in [2.75, 3.05) is 0 Å². The van der Waals surface area contributed by atoms with Crippen molar-refractivity contribution in [3.05, 3.63) is 12.2 Å². The molecular formula is C22H41NaO3. The van der Waals surface area contributed by atoms with Crippen LogP contribution < -0.4 is 34.7 Å². The Balaban J connectivity index is 0. The third kappa shape index (κ3) is 24.2. The molecule has 0 aliphatic carbocycles. The molecule has 26 heavy (non-hydrogen) atoms. The van der Waals surface area contributed by atoms with Crippen molar-refractivity contribution in [3.8, 4) is 0 Å². The molecule has 0 aliphatic heterocycles. The van der Waals surface area contributed by atoms with Gasteiger partial charge >= 0.3 is 29.6 Å². The first-order valence-electron chi connectivity index (χ1n) is 10.7. The second-order valence-corrected chi connectivity index (χ2v) is 7.34. The first kappa shape index (κ1) is 28.4. The molecule has 1 N–H and O–H groups in total. The summed E-state index contributed by atoms with van der Waals surface area (Å²) in [4.78, 5) is 10.2. The Kier molecular flexibility index (Phi) is 25.3. The van der Waals surface area contributed by atoms with Crippen LogP contribution in [0.15, 0.2) is 12.2 Å². The average Bonchev–Trinajstić information content (AvgIpc) is 2.59. The van der Waals surface area contributed by atoms with Gasteiger partial charge in [-0.25, -0.2) is 0 Å². The van der Waals surface area contributed by atoms with E-state index in [1.165, 1.54) is 96.0 Å². The smallest absolute Gasteiger partial charge is 0.545 e. The molecule has 0 bridgehead atoms. The number of carbonyl (C=O) groups excluding carboxylic acids is 1. The van der Waals surface area contributed by atoms with E-state index >= 15 is 0 Å². The minimum Gasteiger partial charge on any atom is -0.545 e. The Morgan fingerprint density at radius 2 is 1.12 bits per heavy atom. The maximum Gasteiger partial charge on any atom is 1.00 e. The van der Waals surface area contributed by atoms with Crippen molar-refractivity contribution in [2.24, 2.45) is 0 Å². The number of hydrogen-bond acceptors (Lipinski definition) is 3. The predicted octanol–water partition coefficient (Wildman–Crippen LogP) is 2.31. The Morgan fingerprint density at radius 1 is 0.769 bits per heavy atom. The Morgan fingerprint density at radius 3 is 1.46 bits per heavy atom. The summed E-state index contributed by atoms with van der Waals surface area (Å²) in [7, 11) is 0. The Labute approximate surface area is 184 Å². The van der Waals surface area contributed by atoms with Gasteiger partial charge in [0.15, 0.2) is 0 Å². The summed E-state index contributed by atoms with van der Waals surface area (Å²) in [5, 5.41) is 19.8. The zero-order valence-electron chi connectivity index (χ0n) is 17.5. The molecule has 0 radical (unpaired) electrons. The van der Waals surface area contributed by atoms with Crippen LogP contribution in [-0.2, 0) is 4.79 Å². The van der Waals surface area contributed by atoms with E-state index in [9.17, 15) is 15.0 Å². The van der Waals surface area contributed by atoms with Gasteiger partial charge in [0.25, 0.3) is 0 Å². The van der Waals surface area contributed by atoms with Crippen molar-refractivity contribution in [1.82, 2.24) is 0 Å². The average molecular weight is 377 g/mol. The molecule has 0 saturated heterocycles. The second-order valence-electron chi connectivity index (χ2n) is 7.34. The van der Waals surface area contributed by atoms with Crippen molar-refractivity contribution in [2.45, 2.75) is 122 Å². The number of hydrogen-bond donors (Lipinski definition) is 1. The van der Waals surface area contributed by atoms with Crippen LogP contribution in [0.1, 0.15) is 116 Å². The van der Waals surface area contributed by atoms with E-state index in [-0.39, 0.29) is 29.6 Å². The molecule has 0 aromatic carbocycles. The summed E-state index contributed by atoms with van der Waals surface area (Å²) in [6.45, 7) is 2.27. The minimum absolute atomic E-state index is 0. The normalized spacial score (nSPS) is 12.2. The van der Waals surface area contributed by atoms with E-state index in [4.69, 9.17) is 0 Å². The molecule has 0 amide bonds. The van der Waals surface area contributed by atoms with Crippen LogP contribution >= 0.6 is 0 Å². The molecule has 0 aromatic rings. The van der Waals surface area contributed by atoms with Gasteiger partial charge in [0, 0.05) is 0 Å². The Hall–Kier alpha value is 0.170. The fraction of sp³-hybridized carbons (Fsp3) is 0.864. The van der Waals surface area contributed by atoms with Crippen molar-refractivity contribution < 1.29 is 44.6 Å². The molecule has 0 saturated carbocycles. The number of aliphatic carboxylic acids is 1. The van der Waals surface area contributed by atoms with Gasteiger partial charge in [-0.3, -0.25) is 0 Å². The standard InChI is InChI=1S/C22H42O3.Na/c1-2-3-4-5-6-7-8-9-10-11-12-13-14-15-16-17-18-21(23)19-20-22(24)25;/h19-21,23H,2-18H2,1H3,(H,24,25);/q;+1/p-1. The van der Waals surface area contributed by atoms with E-state index < -0.39 is 12.1 Å². The van der Waals surface area contributed by atoms with Gasteiger partial charge in [0.05, 0.1) is 12.1 Å². The SMILES string of the molecule is CCCCCCCCCCCCCCCCCCC(O)C=CC(=O)[O-].[Na+]. The fourth-order valence-corrected chi connectivity index (χ4v) is 3.19. The van der Waals surface area contributed by atoms with Crippen LogP contribution in [0.4, 0.5) is 0 Å². The molecule has 0 spiro atoms. The fourth-order valence-electron chi connectivity index (χ4n) is 3.19. The molecule has 4 heteroatoms. The molecule has 0 fully saturated rings. The van der Waals surface area contributed by atoms with Crippen LogP contribution in [0.3, 0.4) is 0 Å². The maximum absolute atomic E-state index is 10.2. The topological polar surface area (TPSA) is 60.4 Å². The quantitative estimate of drug-likeness (QED) is 0.214. The second kappa shape index (κ2) is 23.2. The molecule has 0 heterocycles. The largest absolute Gasteiger partial charge is 1.00 e. The number of unbranched alkanes of at least 4 members (excludes halogenated alkanes) is 15. The van der Waals surface area contributed by atoms with E-state index in [1.54, 1.807) is 0 Å². The van der Waals surface area contributed by atoms with E-state index in [2.05, 4.69) is 6.92 Å². The molecule has 148 valence electrons. The Bertz CT molecular complexity index is 319. The van der Waals surface area contributed by atoms with Crippen LogP contribution in [0.25, 0.3) is 0 Å². The summed E-state index contributed by atoms with van der Waals surface area (Å²) in [6.07, 6.45) is 23.5. The molecule has 3 nitrogen and oxygen atoms in total. The van der Waals surface area contributed by atoms with Gasteiger partial charge in [0.1, 0.15) is 0 Å². The minimum atomic E-state index is -1.24. The zero-order chi connectivity index (χ0) is 18.6. The van der Waals surface area contributed by atoms with E-state index in [0.29, 0.717) is 6.42 Å². The van der Waals surface area contributed by atoms with Gasteiger partial charge in [-0.05, 0) is 12.5 Å². The molecule has 1 atom stereocenters. The van der Waals surface area contributed by atoms with Crippen molar-refractivity contribution >= 4 is 5.97 Å². The first-order chi connectivity index (χ1) is 12.2. The summed E-state index contributed by atoms with van der Waals surface area (Å²) in [6, 6.07) is 0. The van der Waals surface area contributed by atoms with Crippen LogP contribution in [0, 0.1) is 0 Å². The van der Waals surface area contributed by atoms with Crippen LogP contribution in [0.5, 0.6) is 0 Å². The zero-order valence-corrected chi connectivity index (χ0v) is 19.5. The maximum atomic E-state index is 10.2. The molecule has 0 aromatic heterocycles. The van der Waals surface area contributed by atoms with E-state index in [1.807, 2.05) is 0 Å². The third-order valence-electron chi connectivity index (χ3n) is 4.81. The molecular weight excluding hydrogens is 335 g/mol. The number of carbonyl (C=O) groups is 1. The van der Waals surface area contributed by atoms with Crippen LogP contribution in [0.2, 0.25) is 0 Å². The summed E-state index contributed by atoms with van der Waals surface area (Å²) >= 11 is 0. The third-order valence-corrected chi connectivity index (χ3v) is 4.81. The summed E-state index contributed by atoms with van der Waals surface area (Å²) in [5.74, 6) is -1.24. The van der Waals surface area contributed by atoms with Gasteiger partial charge in [-0.15, -0.1) is 0 Å².